The number of hydrogen-bond donors (Lipinski definition) is 1. The van der Waals surface area contributed by atoms with Crippen molar-refractivity contribution < 1.29 is 14.3 Å². The van der Waals surface area contributed by atoms with E-state index in [0.29, 0.717) is 18.7 Å². The molecule has 0 spiro atoms. The summed E-state index contributed by atoms with van der Waals surface area (Å²) < 4.78 is 7.87. The number of aryl methyl sites for hydroxylation is 2. The first-order chi connectivity index (χ1) is 17.3. The fraction of sp³-hybridized carbons (Fsp3) is 0.310. The van der Waals surface area contributed by atoms with E-state index in [1.807, 2.05) is 87.5 Å². The van der Waals surface area contributed by atoms with Gasteiger partial charge in [0, 0.05) is 28.5 Å². The van der Waals surface area contributed by atoms with Gasteiger partial charge in [0.15, 0.2) is 6.61 Å². The maximum absolute atomic E-state index is 13.7. The molecule has 0 aromatic heterocycles. The van der Waals surface area contributed by atoms with E-state index >= 15 is 0 Å². The van der Waals surface area contributed by atoms with Gasteiger partial charge in [0.2, 0.25) is 5.91 Å². The lowest BCUT2D eigenvalue weighted by Crippen LogP contribution is -2.51. The van der Waals surface area contributed by atoms with Gasteiger partial charge >= 0.3 is 0 Å². The lowest BCUT2D eigenvalue weighted by Gasteiger charge is -2.31. The zero-order valence-corrected chi connectivity index (χ0v) is 24.1. The number of amides is 2. The standard InChI is InChI=1S/C29H32Br2N2O3/c1-4-13-32-29(35)26(17-22-9-6-5-7-10-22)33(18-23-11-8-12-24(30)16-23)27(34)19-36-25-14-20(2)28(31)21(3)15-25/h5-12,14-16,26H,4,13,17-19H2,1-3H3,(H,32,35)/t26-/m0/s1. The molecular formula is C29H32Br2N2O3. The van der Waals surface area contributed by atoms with E-state index in [0.717, 1.165) is 37.6 Å². The van der Waals surface area contributed by atoms with Crippen molar-refractivity contribution in [1.29, 1.82) is 0 Å². The molecule has 1 atom stereocenters. The molecule has 36 heavy (non-hydrogen) atoms. The SMILES string of the molecule is CCCNC(=O)[C@H](Cc1ccccc1)N(Cc1cccc(Br)c1)C(=O)COc1cc(C)c(Br)c(C)c1. The highest BCUT2D eigenvalue weighted by atomic mass is 79.9. The summed E-state index contributed by atoms with van der Waals surface area (Å²) >= 11 is 7.08. The van der Waals surface area contributed by atoms with E-state index in [1.54, 1.807) is 4.90 Å². The molecule has 0 radical (unpaired) electrons. The first-order valence-electron chi connectivity index (χ1n) is 12.0. The number of rotatable bonds is 11. The number of benzene rings is 3. The minimum atomic E-state index is -0.678. The Hall–Kier alpha value is -2.64. The molecule has 5 nitrogen and oxygen atoms in total. The van der Waals surface area contributed by atoms with Crippen molar-refractivity contribution in [1.82, 2.24) is 10.2 Å². The largest absolute Gasteiger partial charge is 0.484 e. The van der Waals surface area contributed by atoms with Crippen LogP contribution in [0.15, 0.2) is 75.7 Å². The molecule has 1 N–H and O–H groups in total. The Morgan fingerprint density at radius 3 is 2.25 bits per heavy atom. The second-order valence-electron chi connectivity index (χ2n) is 8.81. The number of carbonyl (C=O) groups is 2. The highest BCUT2D eigenvalue weighted by Gasteiger charge is 2.30. The van der Waals surface area contributed by atoms with Crippen LogP contribution in [0.25, 0.3) is 0 Å². The molecule has 0 aliphatic heterocycles. The zero-order valence-electron chi connectivity index (χ0n) is 20.9. The summed E-state index contributed by atoms with van der Waals surface area (Å²) in [5.41, 5.74) is 3.98. The first-order valence-corrected chi connectivity index (χ1v) is 13.6. The summed E-state index contributed by atoms with van der Waals surface area (Å²) in [6, 6.07) is 20.7. The second-order valence-corrected chi connectivity index (χ2v) is 10.5. The Bertz CT molecular complexity index is 1160. The van der Waals surface area contributed by atoms with Crippen molar-refractivity contribution in [2.45, 2.75) is 46.2 Å². The van der Waals surface area contributed by atoms with Gasteiger partial charge in [-0.25, -0.2) is 0 Å². The fourth-order valence-electron chi connectivity index (χ4n) is 3.97. The third kappa shape index (κ3) is 7.93. The Balaban J connectivity index is 1.91. The Morgan fingerprint density at radius 2 is 1.61 bits per heavy atom. The van der Waals surface area contributed by atoms with Crippen molar-refractivity contribution in [2.24, 2.45) is 0 Å². The molecule has 0 aliphatic carbocycles. The molecule has 3 rings (SSSR count). The van der Waals surface area contributed by atoms with Gasteiger partial charge in [0.25, 0.3) is 5.91 Å². The molecular weight excluding hydrogens is 584 g/mol. The molecule has 0 unspecified atom stereocenters. The minimum absolute atomic E-state index is 0.166. The molecule has 190 valence electrons. The molecule has 3 aromatic carbocycles. The van der Waals surface area contributed by atoms with Crippen LogP contribution in [0.3, 0.4) is 0 Å². The van der Waals surface area contributed by atoms with E-state index in [2.05, 4.69) is 37.2 Å². The van der Waals surface area contributed by atoms with Gasteiger partial charge in [-0.3, -0.25) is 9.59 Å². The summed E-state index contributed by atoms with van der Waals surface area (Å²) in [6.45, 7) is 6.65. The molecule has 0 saturated carbocycles. The number of carbonyl (C=O) groups excluding carboxylic acids is 2. The van der Waals surface area contributed by atoms with Crippen LogP contribution in [0.1, 0.15) is 35.6 Å². The molecule has 0 aliphatic rings. The summed E-state index contributed by atoms with van der Waals surface area (Å²) in [5.74, 6) is 0.208. The Morgan fingerprint density at radius 1 is 0.944 bits per heavy atom. The van der Waals surface area contributed by atoms with E-state index in [-0.39, 0.29) is 25.0 Å². The number of nitrogens with one attached hydrogen (secondary N) is 1. The zero-order chi connectivity index (χ0) is 26.1. The Labute approximate surface area is 230 Å². The number of nitrogens with zero attached hydrogens (tertiary/aromatic N) is 1. The average molecular weight is 616 g/mol. The van der Waals surface area contributed by atoms with Gasteiger partial charge in [-0.05, 0) is 66.8 Å². The van der Waals surface area contributed by atoms with Crippen molar-refractivity contribution in [2.75, 3.05) is 13.2 Å². The van der Waals surface area contributed by atoms with E-state index in [9.17, 15) is 9.59 Å². The van der Waals surface area contributed by atoms with Crippen LogP contribution >= 0.6 is 31.9 Å². The highest BCUT2D eigenvalue weighted by Crippen LogP contribution is 2.26. The average Bonchev–Trinajstić information content (AvgIpc) is 2.87. The van der Waals surface area contributed by atoms with Gasteiger partial charge in [-0.2, -0.15) is 0 Å². The minimum Gasteiger partial charge on any atom is -0.484 e. The maximum atomic E-state index is 13.7. The Kier molecular flexibility index (Phi) is 10.6. The van der Waals surface area contributed by atoms with Crippen LogP contribution in [0, 0.1) is 13.8 Å². The fourth-order valence-corrected chi connectivity index (χ4v) is 4.65. The quantitative estimate of drug-likeness (QED) is 0.273. The smallest absolute Gasteiger partial charge is 0.261 e. The number of hydrogen-bond acceptors (Lipinski definition) is 3. The van der Waals surface area contributed by atoms with Crippen molar-refractivity contribution in [3.63, 3.8) is 0 Å². The monoisotopic (exact) mass is 614 g/mol. The molecule has 0 fully saturated rings. The van der Waals surface area contributed by atoms with Crippen LogP contribution in [-0.4, -0.2) is 35.9 Å². The predicted molar refractivity (Wildman–Crippen MR) is 151 cm³/mol. The maximum Gasteiger partial charge on any atom is 0.261 e. The molecule has 2 amide bonds. The van der Waals surface area contributed by atoms with Crippen LogP contribution < -0.4 is 10.1 Å². The van der Waals surface area contributed by atoms with E-state index in [1.165, 1.54) is 0 Å². The van der Waals surface area contributed by atoms with Crippen LogP contribution in [0.2, 0.25) is 0 Å². The topological polar surface area (TPSA) is 58.6 Å². The molecule has 0 heterocycles. The second kappa shape index (κ2) is 13.6. The number of halogens is 2. The van der Waals surface area contributed by atoms with Gasteiger partial charge < -0.3 is 15.0 Å². The van der Waals surface area contributed by atoms with Crippen LogP contribution in [0.4, 0.5) is 0 Å². The van der Waals surface area contributed by atoms with Gasteiger partial charge in [0.05, 0.1) is 0 Å². The highest BCUT2D eigenvalue weighted by molar-refractivity contribution is 9.10. The van der Waals surface area contributed by atoms with E-state index in [4.69, 9.17) is 4.74 Å². The van der Waals surface area contributed by atoms with Crippen molar-refractivity contribution >= 4 is 43.7 Å². The first kappa shape index (κ1) is 27.9. The summed E-state index contributed by atoms with van der Waals surface area (Å²) in [4.78, 5) is 28.6. The third-order valence-corrected chi connectivity index (χ3v) is 7.58. The van der Waals surface area contributed by atoms with Crippen LogP contribution in [-0.2, 0) is 22.6 Å². The molecule has 0 bridgehead atoms. The summed E-state index contributed by atoms with van der Waals surface area (Å²) in [7, 11) is 0. The van der Waals surface area contributed by atoms with Crippen molar-refractivity contribution in [3.05, 3.63) is 97.9 Å². The normalized spacial score (nSPS) is 11.6. The van der Waals surface area contributed by atoms with Gasteiger partial charge in [0.1, 0.15) is 11.8 Å². The van der Waals surface area contributed by atoms with Crippen molar-refractivity contribution in [3.8, 4) is 5.75 Å². The van der Waals surface area contributed by atoms with Gasteiger partial charge in [-0.15, -0.1) is 0 Å². The number of ether oxygens (including phenoxy) is 1. The molecule has 0 saturated heterocycles. The lowest BCUT2D eigenvalue weighted by atomic mass is 10.0. The third-order valence-electron chi connectivity index (χ3n) is 5.83. The van der Waals surface area contributed by atoms with E-state index < -0.39 is 6.04 Å². The molecule has 7 heteroatoms. The lowest BCUT2D eigenvalue weighted by molar-refractivity contribution is -0.142. The summed E-state index contributed by atoms with van der Waals surface area (Å²) in [5, 5.41) is 2.99. The predicted octanol–water partition coefficient (Wildman–Crippen LogP) is 6.37. The summed E-state index contributed by atoms with van der Waals surface area (Å²) in [6.07, 6.45) is 1.22. The van der Waals surface area contributed by atoms with Crippen LogP contribution in [0.5, 0.6) is 5.75 Å². The molecule has 3 aromatic rings. The van der Waals surface area contributed by atoms with Gasteiger partial charge in [-0.1, -0.05) is 81.2 Å².